The molecule has 0 unspecified atom stereocenters. The monoisotopic (exact) mass is 248 g/mol. The summed E-state index contributed by atoms with van der Waals surface area (Å²) in [6, 6.07) is 0. The van der Waals surface area contributed by atoms with Gasteiger partial charge in [-0.1, -0.05) is 0 Å². The fourth-order valence-electron chi connectivity index (χ4n) is 3.92. The number of aromatic nitrogens is 1. The molecule has 1 aromatic rings. The largest absolute Gasteiger partial charge is 0.274 e. The van der Waals surface area contributed by atoms with Crippen LogP contribution in [0.3, 0.4) is 0 Å². The number of thiazole rings is 1. The summed E-state index contributed by atoms with van der Waals surface area (Å²) in [6.45, 7) is 0. The number of anilines is 1. The van der Waals surface area contributed by atoms with Crippen LogP contribution in [0.4, 0.5) is 5.13 Å². The maximum Gasteiger partial charge on any atom is 0.239 e. The van der Waals surface area contributed by atoms with Crippen LogP contribution in [0.2, 0.25) is 0 Å². The highest BCUT2D eigenvalue weighted by molar-refractivity contribution is 7.14. The van der Waals surface area contributed by atoms with Crippen molar-refractivity contribution in [2.24, 2.45) is 23.7 Å². The Morgan fingerprint density at radius 2 is 1.82 bits per heavy atom. The van der Waals surface area contributed by atoms with E-state index in [0.717, 1.165) is 19.3 Å². The highest BCUT2D eigenvalue weighted by atomic mass is 32.1. The summed E-state index contributed by atoms with van der Waals surface area (Å²) in [5.74, 6) is 0.831. The van der Waals surface area contributed by atoms with E-state index in [0.29, 0.717) is 17.0 Å². The summed E-state index contributed by atoms with van der Waals surface area (Å²) in [4.78, 5) is 30.2. The predicted molar refractivity (Wildman–Crippen MR) is 62.4 cm³/mol. The Hall–Kier alpha value is -1.23. The standard InChI is InChI=1S/C12H12N2O2S/c15-10-8-6-1-2-7(5-6)9(8)11(16)14(10)12-13-3-4-17-12/h3-4,6-9H,1-2,5H2/t6-,7+,8+,9-. The van der Waals surface area contributed by atoms with E-state index in [4.69, 9.17) is 0 Å². The molecule has 0 N–H and O–H groups in total. The SMILES string of the molecule is O=C1[C@@H]2[C@H]3CC[C@H](C3)[C@@H]2C(=O)N1c1nccs1. The van der Waals surface area contributed by atoms with Gasteiger partial charge in [-0.15, -0.1) is 11.3 Å². The molecule has 17 heavy (non-hydrogen) atoms. The molecule has 88 valence electrons. The minimum Gasteiger partial charge on any atom is -0.274 e. The molecule has 3 aliphatic rings. The molecule has 2 heterocycles. The van der Waals surface area contributed by atoms with Crippen LogP contribution in [0.25, 0.3) is 0 Å². The van der Waals surface area contributed by atoms with Crippen molar-refractivity contribution in [3.63, 3.8) is 0 Å². The minimum atomic E-state index is -0.0369. The van der Waals surface area contributed by atoms with Crippen LogP contribution in [-0.4, -0.2) is 16.8 Å². The van der Waals surface area contributed by atoms with Gasteiger partial charge in [0.2, 0.25) is 11.8 Å². The second kappa shape index (κ2) is 3.16. The Kier molecular flexibility index (Phi) is 1.82. The number of rotatable bonds is 1. The van der Waals surface area contributed by atoms with E-state index < -0.39 is 0 Å². The van der Waals surface area contributed by atoms with Gasteiger partial charge in [0.25, 0.3) is 0 Å². The van der Waals surface area contributed by atoms with Crippen LogP contribution in [0.1, 0.15) is 19.3 Å². The third kappa shape index (κ3) is 1.10. The zero-order valence-electron chi connectivity index (χ0n) is 9.20. The van der Waals surface area contributed by atoms with Gasteiger partial charge in [-0.2, -0.15) is 0 Å². The molecule has 2 bridgehead atoms. The van der Waals surface area contributed by atoms with E-state index in [1.807, 2.05) is 0 Å². The van der Waals surface area contributed by atoms with Crippen LogP contribution >= 0.6 is 11.3 Å². The molecule has 1 aliphatic heterocycles. The van der Waals surface area contributed by atoms with E-state index in [1.54, 1.807) is 11.6 Å². The molecule has 1 saturated heterocycles. The average Bonchev–Trinajstić information content (AvgIpc) is 3.03. The number of imide groups is 1. The summed E-state index contributed by atoms with van der Waals surface area (Å²) in [5.41, 5.74) is 0. The first-order chi connectivity index (χ1) is 8.27. The number of carbonyl (C=O) groups excluding carboxylic acids is 2. The summed E-state index contributed by atoms with van der Waals surface area (Å²) >= 11 is 1.36. The fourth-order valence-corrected chi connectivity index (χ4v) is 4.57. The molecule has 1 aromatic heterocycles. The first-order valence-corrected chi connectivity index (χ1v) is 6.92. The van der Waals surface area contributed by atoms with Crippen LogP contribution in [0, 0.1) is 23.7 Å². The van der Waals surface area contributed by atoms with Crippen LogP contribution in [0.5, 0.6) is 0 Å². The minimum absolute atomic E-state index is 0.00199. The molecule has 0 radical (unpaired) electrons. The Balaban J connectivity index is 1.77. The Bertz CT molecular complexity index is 471. The van der Waals surface area contributed by atoms with Gasteiger partial charge in [0, 0.05) is 11.6 Å². The summed E-state index contributed by atoms with van der Waals surface area (Å²) in [5, 5.41) is 2.35. The van der Waals surface area contributed by atoms with E-state index in [9.17, 15) is 9.59 Å². The Morgan fingerprint density at radius 3 is 2.35 bits per heavy atom. The molecular weight excluding hydrogens is 236 g/mol. The van der Waals surface area contributed by atoms with E-state index in [1.165, 1.54) is 16.2 Å². The Labute approximate surface area is 103 Å². The topological polar surface area (TPSA) is 50.3 Å². The third-order valence-corrected chi connectivity index (χ3v) is 5.29. The van der Waals surface area contributed by atoms with Gasteiger partial charge < -0.3 is 0 Å². The summed E-state index contributed by atoms with van der Waals surface area (Å²) in [7, 11) is 0. The molecule has 4 nitrogen and oxygen atoms in total. The molecule has 2 saturated carbocycles. The first-order valence-electron chi connectivity index (χ1n) is 6.04. The zero-order valence-corrected chi connectivity index (χ0v) is 10.0. The number of nitrogens with zero attached hydrogens (tertiary/aromatic N) is 2. The molecule has 2 aliphatic carbocycles. The van der Waals surface area contributed by atoms with Crippen molar-refractivity contribution in [1.82, 2.24) is 4.98 Å². The maximum atomic E-state index is 12.4. The molecule has 3 fully saturated rings. The fraction of sp³-hybridized carbons (Fsp3) is 0.583. The van der Waals surface area contributed by atoms with Crippen molar-refractivity contribution >= 4 is 28.3 Å². The van der Waals surface area contributed by atoms with Gasteiger partial charge >= 0.3 is 0 Å². The highest BCUT2D eigenvalue weighted by Crippen LogP contribution is 2.56. The van der Waals surface area contributed by atoms with Crippen LogP contribution < -0.4 is 4.90 Å². The maximum absolute atomic E-state index is 12.4. The molecule has 0 spiro atoms. The number of amides is 2. The highest BCUT2D eigenvalue weighted by Gasteiger charge is 2.61. The first kappa shape index (κ1) is 9.76. The van der Waals surface area contributed by atoms with Gasteiger partial charge in [-0.3, -0.25) is 9.59 Å². The van der Waals surface area contributed by atoms with Crippen molar-refractivity contribution in [3.05, 3.63) is 11.6 Å². The van der Waals surface area contributed by atoms with E-state index in [-0.39, 0.29) is 23.7 Å². The second-order valence-corrected chi connectivity index (χ2v) is 6.08. The van der Waals surface area contributed by atoms with Crippen LogP contribution in [0.15, 0.2) is 11.6 Å². The van der Waals surface area contributed by atoms with Crippen molar-refractivity contribution in [3.8, 4) is 0 Å². The smallest absolute Gasteiger partial charge is 0.239 e. The third-order valence-electron chi connectivity index (χ3n) is 4.54. The summed E-state index contributed by atoms with van der Waals surface area (Å²) in [6.07, 6.45) is 4.97. The molecule has 4 atom stereocenters. The quantitative estimate of drug-likeness (QED) is 0.710. The van der Waals surface area contributed by atoms with Gasteiger partial charge in [-0.25, -0.2) is 9.88 Å². The van der Waals surface area contributed by atoms with Crippen molar-refractivity contribution in [2.45, 2.75) is 19.3 Å². The number of hydrogen-bond donors (Lipinski definition) is 0. The molecular formula is C12H12N2O2S. The second-order valence-electron chi connectivity index (χ2n) is 5.21. The van der Waals surface area contributed by atoms with Gasteiger partial charge in [0.1, 0.15) is 0 Å². The number of hydrogen-bond acceptors (Lipinski definition) is 4. The zero-order chi connectivity index (χ0) is 11.6. The molecule has 5 heteroatoms. The number of fused-ring (bicyclic) bond motifs is 5. The van der Waals surface area contributed by atoms with E-state index in [2.05, 4.69) is 4.98 Å². The van der Waals surface area contributed by atoms with Crippen molar-refractivity contribution in [1.29, 1.82) is 0 Å². The van der Waals surface area contributed by atoms with E-state index >= 15 is 0 Å². The van der Waals surface area contributed by atoms with Crippen molar-refractivity contribution in [2.75, 3.05) is 4.90 Å². The van der Waals surface area contributed by atoms with Crippen LogP contribution in [-0.2, 0) is 9.59 Å². The Morgan fingerprint density at radius 1 is 1.18 bits per heavy atom. The average molecular weight is 248 g/mol. The normalized spacial score (nSPS) is 39.2. The lowest BCUT2D eigenvalue weighted by atomic mass is 9.81. The lowest BCUT2D eigenvalue weighted by molar-refractivity contribution is -0.123. The summed E-state index contributed by atoms with van der Waals surface area (Å²) < 4.78 is 0. The van der Waals surface area contributed by atoms with Gasteiger partial charge in [0.05, 0.1) is 11.8 Å². The molecule has 2 amide bonds. The predicted octanol–water partition coefficient (Wildman–Crippen LogP) is 1.68. The molecule has 0 aromatic carbocycles. The van der Waals surface area contributed by atoms with Gasteiger partial charge in [0.15, 0.2) is 5.13 Å². The molecule has 4 rings (SSSR count). The lowest BCUT2D eigenvalue weighted by Crippen LogP contribution is -2.32. The van der Waals surface area contributed by atoms with Crippen molar-refractivity contribution < 1.29 is 9.59 Å². The number of carbonyl (C=O) groups is 2. The van der Waals surface area contributed by atoms with Gasteiger partial charge in [-0.05, 0) is 31.1 Å². The lowest BCUT2D eigenvalue weighted by Gasteiger charge is -2.19.